The monoisotopic (exact) mass is 314 g/mol. The number of hydrogen-bond donors (Lipinski definition) is 1. The number of nitrogens with zero attached hydrogens (tertiary/aromatic N) is 1. The Hall–Kier alpha value is -0.120. The van der Waals surface area contributed by atoms with Crippen LogP contribution in [0, 0.1) is 0 Å². The summed E-state index contributed by atoms with van der Waals surface area (Å²) in [7, 11) is 0. The van der Waals surface area contributed by atoms with Crippen LogP contribution >= 0.6 is 0 Å². The first kappa shape index (κ1) is 21.9. The summed E-state index contributed by atoms with van der Waals surface area (Å²) >= 11 is 0. The largest absolute Gasteiger partial charge is 0.329 e. The van der Waals surface area contributed by atoms with E-state index in [0.29, 0.717) is 12.6 Å². The van der Waals surface area contributed by atoms with Gasteiger partial charge in [0.2, 0.25) is 0 Å². The van der Waals surface area contributed by atoms with Gasteiger partial charge in [-0.15, -0.1) is 0 Å². The van der Waals surface area contributed by atoms with Gasteiger partial charge in [0.25, 0.3) is 0 Å². The minimum Gasteiger partial charge on any atom is -0.329 e. The molecule has 1 unspecified atom stereocenters. The van der Waals surface area contributed by atoms with Crippen molar-refractivity contribution < 1.29 is 4.84 Å². The van der Waals surface area contributed by atoms with E-state index in [1.165, 1.54) is 70.6 Å². The minimum absolute atomic E-state index is 0.327. The van der Waals surface area contributed by atoms with Crippen LogP contribution in [0.4, 0.5) is 0 Å². The van der Waals surface area contributed by atoms with Gasteiger partial charge < -0.3 is 5.73 Å². The van der Waals surface area contributed by atoms with E-state index in [1.54, 1.807) is 0 Å². The molecule has 134 valence electrons. The highest BCUT2D eigenvalue weighted by Crippen LogP contribution is 2.11. The van der Waals surface area contributed by atoms with Gasteiger partial charge in [0, 0.05) is 19.1 Å². The molecule has 0 amide bonds. The summed E-state index contributed by atoms with van der Waals surface area (Å²) in [4.78, 5) is 5.87. The molecule has 0 aromatic heterocycles. The molecule has 0 rings (SSSR count). The molecule has 1 atom stereocenters. The van der Waals surface area contributed by atoms with Crippen LogP contribution in [-0.2, 0) is 4.84 Å². The standard InChI is InChI=1S/C19H42N2O/c1-4-6-7-8-9-10-11-12-13-14-15-17-22-21(16-5-2)19(3)18-20/h19H,4-18,20H2,1-3H3. The predicted octanol–water partition coefficient (Wildman–Crippen LogP) is 5.29. The molecule has 0 fully saturated rings. The fourth-order valence-corrected chi connectivity index (χ4v) is 2.70. The topological polar surface area (TPSA) is 38.5 Å². The van der Waals surface area contributed by atoms with Gasteiger partial charge >= 0.3 is 0 Å². The first-order chi connectivity index (χ1) is 10.8. The minimum atomic E-state index is 0.327. The molecule has 0 spiro atoms. The van der Waals surface area contributed by atoms with Crippen LogP contribution in [0.15, 0.2) is 0 Å². The Bertz CT molecular complexity index is 212. The average Bonchev–Trinajstić information content (AvgIpc) is 2.54. The second-order valence-electron chi connectivity index (χ2n) is 6.59. The van der Waals surface area contributed by atoms with E-state index in [9.17, 15) is 0 Å². The second-order valence-corrected chi connectivity index (χ2v) is 6.59. The fraction of sp³-hybridized carbons (Fsp3) is 1.00. The SMILES string of the molecule is CCCCCCCCCCCCCON(CCC)C(C)CN. The van der Waals surface area contributed by atoms with Gasteiger partial charge in [-0.3, -0.25) is 4.84 Å². The van der Waals surface area contributed by atoms with Crippen molar-refractivity contribution in [1.29, 1.82) is 0 Å². The summed E-state index contributed by atoms with van der Waals surface area (Å²) in [6.45, 7) is 9.09. The Morgan fingerprint density at radius 3 is 1.73 bits per heavy atom. The van der Waals surface area contributed by atoms with Gasteiger partial charge in [0.1, 0.15) is 0 Å². The van der Waals surface area contributed by atoms with Gasteiger partial charge in [-0.25, -0.2) is 0 Å². The Morgan fingerprint density at radius 2 is 1.27 bits per heavy atom. The van der Waals surface area contributed by atoms with E-state index < -0.39 is 0 Å². The van der Waals surface area contributed by atoms with Crippen molar-refractivity contribution in [3.8, 4) is 0 Å². The van der Waals surface area contributed by atoms with Gasteiger partial charge in [-0.2, -0.15) is 5.06 Å². The van der Waals surface area contributed by atoms with E-state index in [4.69, 9.17) is 10.6 Å². The summed E-state index contributed by atoms with van der Waals surface area (Å²) in [5, 5.41) is 2.07. The molecular formula is C19H42N2O. The third-order valence-corrected chi connectivity index (χ3v) is 4.28. The first-order valence-corrected chi connectivity index (χ1v) is 9.85. The molecule has 0 aromatic carbocycles. The number of hydrogen-bond acceptors (Lipinski definition) is 3. The van der Waals surface area contributed by atoms with Crippen LogP contribution in [0.5, 0.6) is 0 Å². The molecule has 3 nitrogen and oxygen atoms in total. The quantitative estimate of drug-likeness (QED) is 0.293. The highest BCUT2D eigenvalue weighted by atomic mass is 16.7. The normalized spacial score (nSPS) is 13.0. The van der Waals surface area contributed by atoms with Crippen LogP contribution in [0.3, 0.4) is 0 Å². The maximum atomic E-state index is 5.87. The zero-order valence-corrected chi connectivity index (χ0v) is 15.6. The van der Waals surface area contributed by atoms with Gasteiger partial charge in [-0.1, -0.05) is 78.1 Å². The lowest BCUT2D eigenvalue weighted by atomic mass is 10.1. The molecule has 0 aliphatic rings. The highest BCUT2D eigenvalue weighted by molar-refractivity contribution is 4.59. The molecule has 0 saturated heterocycles. The third-order valence-electron chi connectivity index (χ3n) is 4.28. The van der Waals surface area contributed by atoms with E-state index >= 15 is 0 Å². The van der Waals surface area contributed by atoms with Crippen molar-refractivity contribution >= 4 is 0 Å². The summed E-state index contributed by atoms with van der Waals surface area (Å²) in [6, 6.07) is 0.327. The summed E-state index contributed by atoms with van der Waals surface area (Å²) < 4.78 is 0. The lowest BCUT2D eigenvalue weighted by molar-refractivity contribution is -0.181. The summed E-state index contributed by atoms with van der Waals surface area (Å²) in [5.41, 5.74) is 5.72. The molecule has 3 heteroatoms. The van der Waals surface area contributed by atoms with Crippen LogP contribution in [0.1, 0.15) is 97.8 Å². The zero-order valence-electron chi connectivity index (χ0n) is 15.6. The van der Waals surface area contributed by atoms with Crippen molar-refractivity contribution in [2.75, 3.05) is 19.7 Å². The van der Waals surface area contributed by atoms with Crippen LogP contribution in [0.25, 0.3) is 0 Å². The Kier molecular flexibility index (Phi) is 17.1. The van der Waals surface area contributed by atoms with Gasteiger partial charge in [0.05, 0.1) is 6.61 Å². The third kappa shape index (κ3) is 13.5. The molecule has 0 heterocycles. The highest BCUT2D eigenvalue weighted by Gasteiger charge is 2.11. The van der Waals surface area contributed by atoms with Crippen molar-refractivity contribution in [2.24, 2.45) is 5.73 Å². The molecule has 2 N–H and O–H groups in total. The molecule has 0 aliphatic heterocycles. The van der Waals surface area contributed by atoms with E-state index in [-0.39, 0.29) is 0 Å². The molecule has 0 radical (unpaired) electrons. The Balaban J connectivity index is 3.31. The summed E-state index contributed by atoms with van der Waals surface area (Å²) in [5.74, 6) is 0. The number of hydroxylamine groups is 2. The van der Waals surface area contributed by atoms with Crippen LogP contribution in [0.2, 0.25) is 0 Å². The molecule has 22 heavy (non-hydrogen) atoms. The molecule has 0 aliphatic carbocycles. The Labute approximate surface area is 139 Å². The van der Waals surface area contributed by atoms with Gasteiger partial charge in [0.15, 0.2) is 0 Å². The Morgan fingerprint density at radius 1 is 0.773 bits per heavy atom. The van der Waals surface area contributed by atoms with Crippen LogP contribution in [-0.4, -0.2) is 30.8 Å². The maximum Gasteiger partial charge on any atom is 0.0685 e. The summed E-state index contributed by atoms with van der Waals surface area (Å²) in [6.07, 6.45) is 16.3. The predicted molar refractivity (Wildman–Crippen MR) is 97.9 cm³/mol. The lowest BCUT2D eigenvalue weighted by Gasteiger charge is -2.26. The zero-order chi connectivity index (χ0) is 16.5. The fourth-order valence-electron chi connectivity index (χ4n) is 2.70. The average molecular weight is 315 g/mol. The smallest absolute Gasteiger partial charge is 0.0685 e. The molecule has 0 saturated carbocycles. The lowest BCUT2D eigenvalue weighted by Crippen LogP contribution is -2.39. The van der Waals surface area contributed by atoms with Crippen LogP contribution < -0.4 is 5.73 Å². The molecule has 0 bridgehead atoms. The van der Waals surface area contributed by atoms with Crippen molar-refractivity contribution in [3.05, 3.63) is 0 Å². The van der Waals surface area contributed by atoms with E-state index in [2.05, 4.69) is 25.8 Å². The van der Waals surface area contributed by atoms with Crippen molar-refractivity contribution in [2.45, 2.75) is 104 Å². The van der Waals surface area contributed by atoms with E-state index in [1.807, 2.05) is 0 Å². The number of rotatable bonds is 17. The first-order valence-electron chi connectivity index (χ1n) is 9.85. The molecular weight excluding hydrogens is 272 g/mol. The number of unbranched alkanes of at least 4 members (excludes halogenated alkanes) is 10. The van der Waals surface area contributed by atoms with E-state index in [0.717, 1.165) is 19.6 Å². The van der Waals surface area contributed by atoms with Crippen molar-refractivity contribution in [3.63, 3.8) is 0 Å². The second kappa shape index (κ2) is 17.2. The molecule has 0 aromatic rings. The van der Waals surface area contributed by atoms with Gasteiger partial charge in [-0.05, 0) is 19.8 Å². The van der Waals surface area contributed by atoms with Crippen molar-refractivity contribution in [1.82, 2.24) is 5.06 Å². The number of nitrogens with two attached hydrogens (primary N) is 1. The maximum absolute atomic E-state index is 5.87.